The predicted molar refractivity (Wildman–Crippen MR) is 64.8 cm³/mol. The molecule has 2 N–H and O–H groups in total. The van der Waals surface area contributed by atoms with Crippen molar-refractivity contribution in [2.24, 2.45) is 23.5 Å². The van der Waals surface area contributed by atoms with Gasteiger partial charge in [-0.1, -0.05) is 13.8 Å². The highest BCUT2D eigenvalue weighted by atomic mass is 16.2. The quantitative estimate of drug-likeness (QED) is 0.735. The normalized spacial score (nSPS) is 40.1. The van der Waals surface area contributed by atoms with Crippen molar-refractivity contribution >= 4 is 5.91 Å². The molecule has 1 saturated carbocycles. The van der Waals surface area contributed by atoms with Gasteiger partial charge in [0.15, 0.2) is 0 Å². The van der Waals surface area contributed by atoms with Gasteiger partial charge in [-0.25, -0.2) is 0 Å². The summed E-state index contributed by atoms with van der Waals surface area (Å²) in [6, 6.07) is 0.259. The smallest absolute Gasteiger partial charge is 0.225 e. The molecule has 0 aromatic heterocycles. The van der Waals surface area contributed by atoms with E-state index in [4.69, 9.17) is 5.73 Å². The molecule has 0 spiro atoms. The highest BCUT2D eigenvalue weighted by Crippen LogP contribution is 2.29. The van der Waals surface area contributed by atoms with E-state index in [0.717, 1.165) is 44.7 Å². The van der Waals surface area contributed by atoms with Gasteiger partial charge in [0.05, 0.1) is 0 Å². The van der Waals surface area contributed by atoms with E-state index in [1.54, 1.807) is 0 Å². The zero-order valence-corrected chi connectivity index (χ0v) is 10.5. The van der Waals surface area contributed by atoms with Crippen LogP contribution in [-0.4, -0.2) is 29.9 Å². The Hall–Kier alpha value is -0.570. The summed E-state index contributed by atoms with van der Waals surface area (Å²) in [6.07, 6.45) is 4.08. The Morgan fingerprint density at radius 3 is 2.50 bits per heavy atom. The highest BCUT2D eigenvalue weighted by Gasteiger charge is 2.33. The van der Waals surface area contributed by atoms with Crippen LogP contribution in [0.3, 0.4) is 0 Å². The number of hydrogen-bond donors (Lipinski definition) is 1. The number of likely N-dealkylation sites (tertiary alicyclic amines) is 1. The summed E-state index contributed by atoms with van der Waals surface area (Å²) in [6.45, 7) is 6.45. The standard InChI is InChI=1S/C13H24N2O/c1-9-5-6-15(8-10(9)2)13(16)11-3-4-12(14)7-11/h9-12H,3-8,14H2,1-2H3. The molecular formula is C13H24N2O. The van der Waals surface area contributed by atoms with E-state index < -0.39 is 0 Å². The molecule has 1 heterocycles. The van der Waals surface area contributed by atoms with E-state index in [-0.39, 0.29) is 12.0 Å². The van der Waals surface area contributed by atoms with Crippen molar-refractivity contribution in [3.63, 3.8) is 0 Å². The van der Waals surface area contributed by atoms with Gasteiger partial charge in [-0.2, -0.15) is 0 Å². The van der Waals surface area contributed by atoms with Crippen molar-refractivity contribution in [2.45, 2.75) is 45.6 Å². The SMILES string of the molecule is CC1CCN(C(=O)C2CCC(N)C2)CC1C. The van der Waals surface area contributed by atoms with Crippen molar-refractivity contribution in [1.82, 2.24) is 4.90 Å². The summed E-state index contributed by atoms with van der Waals surface area (Å²) in [7, 11) is 0. The molecule has 1 aliphatic heterocycles. The molecule has 1 amide bonds. The summed E-state index contributed by atoms with van der Waals surface area (Å²) in [5.41, 5.74) is 5.87. The van der Waals surface area contributed by atoms with Crippen molar-refractivity contribution in [3.8, 4) is 0 Å². The zero-order chi connectivity index (χ0) is 11.7. The minimum absolute atomic E-state index is 0.218. The number of nitrogens with zero attached hydrogens (tertiary/aromatic N) is 1. The maximum absolute atomic E-state index is 12.3. The van der Waals surface area contributed by atoms with E-state index in [9.17, 15) is 4.79 Å². The van der Waals surface area contributed by atoms with Crippen LogP contribution in [0.15, 0.2) is 0 Å². The van der Waals surface area contributed by atoms with Gasteiger partial charge >= 0.3 is 0 Å². The average molecular weight is 224 g/mol. The lowest BCUT2D eigenvalue weighted by Gasteiger charge is -2.36. The Morgan fingerprint density at radius 2 is 1.94 bits per heavy atom. The minimum atomic E-state index is 0.218. The van der Waals surface area contributed by atoms with Crippen molar-refractivity contribution in [1.29, 1.82) is 0 Å². The summed E-state index contributed by atoms with van der Waals surface area (Å²) >= 11 is 0. The number of piperidine rings is 1. The molecule has 2 fully saturated rings. The molecule has 3 heteroatoms. The number of carbonyl (C=O) groups is 1. The lowest BCUT2D eigenvalue weighted by Crippen LogP contribution is -2.44. The van der Waals surface area contributed by atoms with Crippen LogP contribution in [0.25, 0.3) is 0 Å². The van der Waals surface area contributed by atoms with Gasteiger partial charge in [0, 0.05) is 25.0 Å². The molecule has 4 atom stereocenters. The molecule has 1 aliphatic carbocycles. The van der Waals surface area contributed by atoms with Crippen molar-refractivity contribution in [3.05, 3.63) is 0 Å². The molecule has 92 valence electrons. The molecular weight excluding hydrogens is 200 g/mol. The Labute approximate surface area is 98.4 Å². The Balaban J connectivity index is 1.90. The largest absolute Gasteiger partial charge is 0.342 e. The van der Waals surface area contributed by atoms with Gasteiger partial charge in [0.1, 0.15) is 0 Å². The molecule has 4 unspecified atom stereocenters. The van der Waals surface area contributed by atoms with Gasteiger partial charge in [-0.05, 0) is 37.5 Å². The van der Waals surface area contributed by atoms with E-state index in [0.29, 0.717) is 11.8 Å². The fourth-order valence-electron chi connectivity index (χ4n) is 2.96. The van der Waals surface area contributed by atoms with Crippen LogP contribution in [0.5, 0.6) is 0 Å². The molecule has 0 bridgehead atoms. The van der Waals surface area contributed by atoms with Gasteiger partial charge in [0.25, 0.3) is 0 Å². The van der Waals surface area contributed by atoms with Gasteiger partial charge < -0.3 is 10.6 Å². The first-order valence-electron chi connectivity index (χ1n) is 6.62. The number of amides is 1. The Kier molecular flexibility index (Phi) is 3.53. The van der Waals surface area contributed by atoms with Gasteiger partial charge in [-0.3, -0.25) is 4.79 Å². The summed E-state index contributed by atoms with van der Waals surface area (Å²) in [5.74, 6) is 1.99. The molecule has 16 heavy (non-hydrogen) atoms. The fourth-order valence-corrected chi connectivity index (χ4v) is 2.96. The number of nitrogens with two attached hydrogens (primary N) is 1. The maximum Gasteiger partial charge on any atom is 0.225 e. The fraction of sp³-hybridized carbons (Fsp3) is 0.923. The zero-order valence-electron chi connectivity index (χ0n) is 10.5. The molecule has 0 aromatic rings. The van der Waals surface area contributed by atoms with E-state index in [2.05, 4.69) is 18.7 Å². The second-order valence-corrected chi connectivity index (χ2v) is 5.80. The lowest BCUT2D eigenvalue weighted by atomic mass is 9.88. The second-order valence-electron chi connectivity index (χ2n) is 5.80. The van der Waals surface area contributed by atoms with Crippen LogP contribution in [0, 0.1) is 17.8 Å². The predicted octanol–water partition coefficient (Wildman–Crippen LogP) is 1.62. The number of carbonyl (C=O) groups excluding carboxylic acids is 1. The summed E-state index contributed by atoms with van der Waals surface area (Å²) in [5, 5.41) is 0. The summed E-state index contributed by atoms with van der Waals surface area (Å²) < 4.78 is 0. The van der Waals surface area contributed by atoms with Crippen LogP contribution >= 0.6 is 0 Å². The molecule has 2 rings (SSSR count). The van der Waals surface area contributed by atoms with Gasteiger partial charge in [-0.15, -0.1) is 0 Å². The number of hydrogen-bond acceptors (Lipinski definition) is 2. The Bertz CT molecular complexity index is 267. The van der Waals surface area contributed by atoms with Crippen LogP contribution in [0.1, 0.15) is 39.5 Å². The van der Waals surface area contributed by atoms with Crippen LogP contribution in [-0.2, 0) is 4.79 Å². The Morgan fingerprint density at radius 1 is 1.19 bits per heavy atom. The van der Waals surface area contributed by atoms with E-state index in [1.165, 1.54) is 0 Å². The average Bonchev–Trinajstić information content (AvgIpc) is 2.68. The third kappa shape index (κ3) is 2.40. The minimum Gasteiger partial charge on any atom is -0.342 e. The monoisotopic (exact) mass is 224 g/mol. The topological polar surface area (TPSA) is 46.3 Å². The van der Waals surface area contributed by atoms with Crippen molar-refractivity contribution < 1.29 is 4.79 Å². The van der Waals surface area contributed by atoms with Crippen molar-refractivity contribution in [2.75, 3.05) is 13.1 Å². The molecule has 0 radical (unpaired) electrons. The summed E-state index contributed by atoms with van der Waals surface area (Å²) in [4.78, 5) is 14.3. The number of rotatable bonds is 1. The molecule has 0 aromatic carbocycles. The lowest BCUT2D eigenvalue weighted by molar-refractivity contribution is -0.137. The molecule has 2 aliphatic rings. The van der Waals surface area contributed by atoms with Crippen LogP contribution in [0.2, 0.25) is 0 Å². The maximum atomic E-state index is 12.3. The third-order valence-electron chi connectivity index (χ3n) is 4.47. The molecule has 3 nitrogen and oxygen atoms in total. The van der Waals surface area contributed by atoms with Crippen LogP contribution < -0.4 is 5.73 Å². The van der Waals surface area contributed by atoms with Gasteiger partial charge in [0.2, 0.25) is 5.91 Å². The highest BCUT2D eigenvalue weighted by molar-refractivity contribution is 5.79. The first-order chi connectivity index (χ1) is 7.58. The second kappa shape index (κ2) is 4.74. The third-order valence-corrected chi connectivity index (χ3v) is 4.47. The first kappa shape index (κ1) is 11.9. The van der Waals surface area contributed by atoms with E-state index in [1.807, 2.05) is 0 Å². The van der Waals surface area contributed by atoms with E-state index >= 15 is 0 Å². The first-order valence-corrected chi connectivity index (χ1v) is 6.62. The molecule has 1 saturated heterocycles. The van der Waals surface area contributed by atoms with Crippen LogP contribution in [0.4, 0.5) is 0 Å².